The Morgan fingerprint density at radius 2 is 2.09 bits per heavy atom. The van der Waals surface area contributed by atoms with Crippen LogP contribution in [0.5, 0.6) is 0 Å². The van der Waals surface area contributed by atoms with E-state index in [1.807, 2.05) is 31.2 Å². The molecule has 1 heterocycles. The van der Waals surface area contributed by atoms with Gasteiger partial charge in [-0.3, -0.25) is 4.79 Å². The summed E-state index contributed by atoms with van der Waals surface area (Å²) in [7, 11) is 0. The lowest BCUT2D eigenvalue weighted by Crippen LogP contribution is -2.48. The van der Waals surface area contributed by atoms with Gasteiger partial charge in [0.1, 0.15) is 0 Å². The molecule has 5 nitrogen and oxygen atoms in total. The summed E-state index contributed by atoms with van der Waals surface area (Å²) in [5.41, 5.74) is 6.87. The number of carbonyl (C=O) groups is 1. The van der Waals surface area contributed by atoms with E-state index in [0.717, 1.165) is 29.3 Å². The molecule has 1 aliphatic carbocycles. The first-order valence-electron chi connectivity index (χ1n) is 8.16. The van der Waals surface area contributed by atoms with E-state index in [1.165, 1.54) is 12.8 Å². The number of hydrogen-bond donors (Lipinski definition) is 2. The van der Waals surface area contributed by atoms with E-state index in [4.69, 9.17) is 10.2 Å². The topological polar surface area (TPSA) is 81.2 Å². The highest BCUT2D eigenvalue weighted by Gasteiger charge is 2.29. The van der Waals surface area contributed by atoms with Crippen molar-refractivity contribution >= 4 is 11.6 Å². The van der Waals surface area contributed by atoms with Crippen molar-refractivity contribution in [3.8, 4) is 11.3 Å². The molecule has 0 spiro atoms. The molecule has 23 heavy (non-hydrogen) atoms. The average molecular weight is 313 g/mol. The molecule has 5 heteroatoms. The van der Waals surface area contributed by atoms with Gasteiger partial charge in [-0.1, -0.05) is 13.3 Å². The molecule has 0 bridgehead atoms. The Morgan fingerprint density at radius 1 is 1.39 bits per heavy atom. The van der Waals surface area contributed by atoms with Crippen LogP contribution in [0.25, 0.3) is 11.3 Å². The summed E-state index contributed by atoms with van der Waals surface area (Å²) in [6, 6.07) is 7.55. The van der Waals surface area contributed by atoms with Crippen LogP contribution in [0.2, 0.25) is 0 Å². The van der Waals surface area contributed by atoms with Crippen molar-refractivity contribution in [1.82, 2.24) is 4.98 Å². The molecule has 1 unspecified atom stereocenters. The third-order valence-electron chi connectivity index (χ3n) is 4.17. The summed E-state index contributed by atoms with van der Waals surface area (Å²) in [6.07, 6.45) is 5.62. The summed E-state index contributed by atoms with van der Waals surface area (Å²) < 4.78 is 5.78. The van der Waals surface area contributed by atoms with Gasteiger partial charge in [0.05, 0.1) is 11.7 Å². The Hall–Kier alpha value is -2.14. The van der Waals surface area contributed by atoms with Crippen molar-refractivity contribution in [1.29, 1.82) is 0 Å². The first kappa shape index (κ1) is 15.7. The molecular formula is C18H23N3O2. The number of rotatable bonds is 6. The van der Waals surface area contributed by atoms with E-state index in [1.54, 1.807) is 13.1 Å². The zero-order chi connectivity index (χ0) is 16.4. The van der Waals surface area contributed by atoms with E-state index < -0.39 is 5.54 Å². The smallest absolute Gasteiger partial charge is 0.244 e. The molecule has 0 radical (unpaired) electrons. The Kier molecular flexibility index (Phi) is 4.22. The van der Waals surface area contributed by atoms with E-state index in [2.05, 4.69) is 10.3 Å². The summed E-state index contributed by atoms with van der Waals surface area (Å²) in [6.45, 7) is 3.77. The van der Waals surface area contributed by atoms with Crippen LogP contribution < -0.4 is 11.1 Å². The molecule has 0 aliphatic heterocycles. The van der Waals surface area contributed by atoms with E-state index in [0.29, 0.717) is 12.3 Å². The fraction of sp³-hybridized carbons (Fsp3) is 0.444. The van der Waals surface area contributed by atoms with Gasteiger partial charge in [-0.05, 0) is 50.5 Å². The van der Waals surface area contributed by atoms with Gasteiger partial charge in [-0.25, -0.2) is 4.98 Å². The van der Waals surface area contributed by atoms with Gasteiger partial charge in [0.2, 0.25) is 5.91 Å². The zero-order valence-corrected chi connectivity index (χ0v) is 13.6. The first-order valence-corrected chi connectivity index (χ1v) is 8.16. The number of nitrogens with two attached hydrogens (primary N) is 1. The molecule has 0 saturated heterocycles. The fourth-order valence-corrected chi connectivity index (χ4v) is 2.56. The third kappa shape index (κ3) is 3.62. The van der Waals surface area contributed by atoms with Crippen molar-refractivity contribution in [3.63, 3.8) is 0 Å². The highest BCUT2D eigenvalue weighted by atomic mass is 16.4. The number of amides is 1. The quantitative estimate of drug-likeness (QED) is 0.852. The van der Waals surface area contributed by atoms with Crippen LogP contribution in [0, 0.1) is 0 Å². The lowest BCUT2D eigenvalue weighted by Gasteiger charge is -2.22. The number of nitrogens with one attached hydrogen (secondary N) is 1. The van der Waals surface area contributed by atoms with Crippen LogP contribution in [-0.2, 0) is 4.79 Å². The molecule has 3 rings (SSSR count). The van der Waals surface area contributed by atoms with Crippen molar-refractivity contribution in [2.24, 2.45) is 5.73 Å². The molecular weight excluding hydrogens is 290 g/mol. The Labute approximate surface area is 136 Å². The average Bonchev–Trinajstić information content (AvgIpc) is 3.25. The second-order valence-electron chi connectivity index (χ2n) is 6.54. The third-order valence-corrected chi connectivity index (χ3v) is 4.17. The highest BCUT2D eigenvalue weighted by Crippen LogP contribution is 2.40. The monoisotopic (exact) mass is 313 g/mol. The number of oxazole rings is 1. The summed E-state index contributed by atoms with van der Waals surface area (Å²) in [5.74, 6) is 1.93. The number of anilines is 1. The second-order valence-corrected chi connectivity index (χ2v) is 6.54. The van der Waals surface area contributed by atoms with E-state index >= 15 is 0 Å². The van der Waals surface area contributed by atoms with Crippen molar-refractivity contribution in [2.75, 3.05) is 5.32 Å². The molecule has 1 amide bonds. The lowest BCUT2D eigenvalue weighted by molar-refractivity contribution is -0.120. The maximum atomic E-state index is 12.2. The highest BCUT2D eigenvalue weighted by molar-refractivity contribution is 5.97. The van der Waals surface area contributed by atoms with Crippen LogP contribution in [-0.4, -0.2) is 16.4 Å². The molecule has 1 atom stereocenters. The number of carbonyl (C=O) groups excluding carboxylic acids is 1. The minimum absolute atomic E-state index is 0.164. The van der Waals surface area contributed by atoms with E-state index in [-0.39, 0.29) is 5.91 Å². The predicted octanol–water partition coefficient (Wildman–Crippen LogP) is 3.68. The number of aromatic nitrogens is 1. The normalized spacial score (nSPS) is 16.8. The van der Waals surface area contributed by atoms with Crippen LogP contribution in [0.4, 0.5) is 5.69 Å². The van der Waals surface area contributed by atoms with Crippen molar-refractivity contribution in [3.05, 3.63) is 36.4 Å². The number of nitrogens with zero attached hydrogens (tertiary/aromatic N) is 1. The van der Waals surface area contributed by atoms with Gasteiger partial charge in [-0.15, -0.1) is 0 Å². The number of benzene rings is 1. The van der Waals surface area contributed by atoms with Gasteiger partial charge < -0.3 is 15.5 Å². The van der Waals surface area contributed by atoms with Gasteiger partial charge in [0.25, 0.3) is 0 Å². The van der Waals surface area contributed by atoms with Crippen LogP contribution in [0.1, 0.15) is 51.3 Å². The van der Waals surface area contributed by atoms with Crippen LogP contribution in [0.3, 0.4) is 0 Å². The minimum Gasteiger partial charge on any atom is -0.440 e. The van der Waals surface area contributed by atoms with Gasteiger partial charge >= 0.3 is 0 Å². The molecule has 122 valence electrons. The first-order chi connectivity index (χ1) is 11.0. The standard InChI is InChI=1S/C18H23N3O2/c1-3-10-18(2,19)17(22)21-14-8-6-12(7-9-14)15-11-20-16(23-15)13-4-5-13/h6-9,11,13H,3-5,10,19H2,1-2H3,(H,21,22). The molecule has 1 saturated carbocycles. The Morgan fingerprint density at radius 3 is 2.70 bits per heavy atom. The maximum Gasteiger partial charge on any atom is 0.244 e. The molecule has 1 aliphatic rings. The van der Waals surface area contributed by atoms with Gasteiger partial charge in [0, 0.05) is 17.2 Å². The Bertz CT molecular complexity index is 685. The molecule has 2 aromatic rings. The summed E-state index contributed by atoms with van der Waals surface area (Å²) in [4.78, 5) is 16.5. The van der Waals surface area contributed by atoms with Gasteiger partial charge in [0.15, 0.2) is 11.7 Å². The van der Waals surface area contributed by atoms with Crippen LogP contribution in [0.15, 0.2) is 34.9 Å². The summed E-state index contributed by atoms with van der Waals surface area (Å²) in [5, 5.41) is 2.87. The molecule has 3 N–H and O–H groups in total. The predicted molar refractivity (Wildman–Crippen MR) is 90.0 cm³/mol. The largest absolute Gasteiger partial charge is 0.440 e. The number of hydrogen-bond acceptors (Lipinski definition) is 4. The summed E-state index contributed by atoms with van der Waals surface area (Å²) >= 11 is 0. The molecule has 1 aromatic heterocycles. The fourth-order valence-electron chi connectivity index (χ4n) is 2.56. The van der Waals surface area contributed by atoms with E-state index in [9.17, 15) is 4.79 Å². The van der Waals surface area contributed by atoms with Crippen LogP contribution >= 0.6 is 0 Å². The van der Waals surface area contributed by atoms with Gasteiger partial charge in [-0.2, -0.15) is 0 Å². The molecule has 1 aromatic carbocycles. The Balaban J connectivity index is 1.67. The maximum absolute atomic E-state index is 12.2. The molecule has 1 fully saturated rings. The second kappa shape index (κ2) is 6.16. The van der Waals surface area contributed by atoms with Crippen molar-refractivity contribution in [2.45, 2.75) is 51.0 Å². The van der Waals surface area contributed by atoms with Crippen molar-refractivity contribution < 1.29 is 9.21 Å². The zero-order valence-electron chi connectivity index (χ0n) is 13.6. The minimum atomic E-state index is -0.850. The SMILES string of the molecule is CCCC(C)(N)C(=O)Nc1ccc(-c2cnc(C3CC3)o2)cc1. The lowest BCUT2D eigenvalue weighted by atomic mass is 9.96.